The number of rotatable bonds is 3. The lowest BCUT2D eigenvalue weighted by Gasteiger charge is -2.38. The topological polar surface area (TPSA) is 62.5 Å². The Hall–Kier alpha value is -0.110. The van der Waals surface area contributed by atoms with Crippen LogP contribution in [0.2, 0.25) is 0 Å². The zero-order chi connectivity index (χ0) is 15.6. The second kappa shape index (κ2) is 10.8. The highest BCUT2D eigenvalue weighted by Gasteiger charge is 2.32. The van der Waals surface area contributed by atoms with Crippen LogP contribution >= 0.6 is 48.6 Å². The van der Waals surface area contributed by atoms with Gasteiger partial charge in [0.15, 0.2) is 0 Å². The molecule has 142 valence electrons. The zero-order valence-electron chi connectivity index (χ0n) is 14.7. The summed E-state index contributed by atoms with van der Waals surface area (Å²) in [4.78, 5) is 21.1. The van der Waals surface area contributed by atoms with Crippen molar-refractivity contribution >= 4 is 54.5 Å². The Balaban J connectivity index is 0. The normalized spacial score (nSPS) is 16.5. The molecule has 0 aromatic carbocycles. The first-order valence-corrected chi connectivity index (χ1v) is 8.33. The van der Waals surface area contributed by atoms with Crippen LogP contribution in [0.15, 0.2) is 5.38 Å². The minimum atomic E-state index is -0.426. The number of carbonyl (C=O) groups is 1. The highest BCUT2D eigenvalue weighted by atomic mass is 35.5. The number of halogens is 3. The van der Waals surface area contributed by atoms with E-state index in [1.807, 2.05) is 32.6 Å². The van der Waals surface area contributed by atoms with Crippen molar-refractivity contribution in [2.45, 2.75) is 40.3 Å². The summed E-state index contributed by atoms with van der Waals surface area (Å²) >= 11 is 1.69. The quantitative estimate of drug-likeness (QED) is 0.818. The van der Waals surface area contributed by atoms with Gasteiger partial charge in [0, 0.05) is 38.1 Å². The molecule has 0 unspecified atom stereocenters. The van der Waals surface area contributed by atoms with Gasteiger partial charge in [0.05, 0.1) is 16.7 Å². The van der Waals surface area contributed by atoms with Crippen LogP contribution in [0.1, 0.15) is 31.5 Å². The number of hydrogen-bond acceptors (Lipinski definition) is 5. The van der Waals surface area contributed by atoms with E-state index in [2.05, 4.69) is 15.3 Å². The van der Waals surface area contributed by atoms with E-state index in [0.717, 1.165) is 43.4 Å². The molecule has 1 atom stereocenters. The van der Waals surface area contributed by atoms with E-state index in [1.165, 1.54) is 0 Å². The first-order chi connectivity index (χ1) is 9.77. The molecule has 0 spiro atoms. The van der Waals surface area contributed by atoms with Crippen LogP contribution in [-0.4, -0.2) is 52.9 Å². The van der Waals surface area contributed by atoms with E-state index in [9.17, 15) is 4.79 Å². The first kappa shape index (κ1) is 26.1. The molecule has 2 N–H and O–H groups in total. The number of piperazine rings is 1. The highest BCUT2D eigenvalue weighted by Crippen LogP contribution is 2.20. The van der Waals surface area contributed by atoms with Crippen molar-refractivity contribution in [2.24, 2.45) is 11.1 Å². The van der Waals surface area contributed by atoms with Crippen molar-refractivity contribution in [3.8, 4) is 0 Å². The van der Waals surface area contributed by atoms with Gasteiger partial charge in [-0.15, -0.1) is 48.6 Å². The monoisotopic (exact) mass is 418 g/mol. The van der Waals surface area contributed by atoms with Gasteiger partial charge in [-0.05, 0) is 12.3 Å². The Kier molecular flexibility index (Phi) is 11.7. The number of amides is 1. The van der Waals surface area contributed by atoms with Crippen molar-refractivity contribution in [3.05, 3.63) is 16.1 Å². The number of thiazole rings is 1. The average Bonchev–Trinajstić information content (AvgIpc) is 2.82. The molecule has 0 radical (unpaired) electrons. The largest absolute Gasteiger partial charge is 0.339 e. The summed E-state index contributed by atoms with van der Waals surface area (Å²) in [5.74, 6) is 0.0756. The van der Waals surface area contributed by atoms with Crippen molar-refractivity contribution < 1.29 is 4.79 Å². The zero-order valence-corrected chi connectivity index (χ0v) is 17.9. The summed E-state index contributed by atoms with van der Waals surface area (Å²) in [6.07, 6.45) is 0. The van der Waals surface area contributed by atoms with Crippen molar-refractivity contribution in [3.63, 3.8) is 0 Å². The fourth-order valence-corrected chi connectivity index (χ4v) is 3.01. The van der Waals surface area contributed by atoms with Crippen LogP contribution in [0.4, 0.5) is 0 Å². The number of hydrogen-bond donors (Lipinski definition) is 1. The van der Waals surface area contributed by atoms with E-state index < -0.39 is 6.04 Å². The van der Waals surface area contributed by atoms with Crippen LogP contribution in [0, 0.1) is 12.3 Å². The SMILES string of the molecule is Cc1nc(CN2CCN(C(=O)[C@@H](N)C(C)(C)C)CC2)cs1.Cl.Cl.Cl. The van der Waals surface area contributed by atoms with E-state index in [-0.39, 0.29) is 48.5 Å². The minimum Gasteiger partial charge on any atom is -0.339 e. The molecule has 1 fully saturated rings. The number of nitrogens with two attached hydrogens (primary N) is 1. The third kappa shape index (κ3) is 7.02. The van der Waals surface area contributed by atoms with Crippen LogP contribution in [-0.2, 0) is 11.3 Å². The third-order valence-corrected chi connectivity index (χ3v) is 4.76. The number of aryl methyl sites for hydroxylation is 1. The second-order valence-corrected chi connectivity index (χ2v) is 7.87. The summed E-state index contributed by atoms with van der Waals surface area (Å²) in [6.45, 7) is 12.2. The van der Waals surface area contributed by atoms with Gasteiger partial charge < -0.3 is 10.6 Å². The number of aromatic nitrogens is 1. The maximum Gasteiger partial charge on any atom is 0.240 e. The molecule has 24 heavy (non-hydrogen) atoms. The van der Waals surface area contributed by atoms with E-state index in [1.54, 1.807) is 11.3 Å². The molecule has 1 aliphatic rings. The molecular weight excluding hydrogens is 391 g/mol. The Morgan fingerprint density at radius 3 is 2.21 bits per heavy atom. The predicted molar refractivity (Wildman–Crippen MR) is 108 cm³/mol. The van der Waals surface area contributed by atoms with Gasteiger partial charge >= 0.3 is 0 Å². The van der Waals surface area contributed by atoms with E-state index in [0.29, 0.717) is 0 Å². The summed E-state index contributed by atoms with van der Waals surface area (Å²) < 4.78 is 0. The Labute approximate surface area is 167 Å². The maximum absolute atomic E-state index is 12.4. The average molecular weight is 420 g/mol. The molecule has 1 saturated heterocycles. The van der Waals surface area contributed by atoms with Gasteiger partial charge in [0.2, 0.25) is 5.91 Å². The molecule has 5 nitrogen and oxygen atoms in total. The van der Waals surface area contributed by atoms with E-state index in [4.69, 9.17) is 5.73 Å². The Bertz CT molecular complexity index is 499. The standard InChI is InChI=1S/C15H26N4OS.3ClH/c1-11-17-12(10-21-11)9-18-5-7-19(8-6-18)14(20)13(16)15(2,3)4;;;/h10,13H,5-9,16H2,1-4H3;3*1H/t13-;;;/m1.../s1. The third-order valence-electron chi connectivity index (χ3n) is 3.94. The molecule has 1 amide bonds. The molecule has 0 saturated carbocycles. The van der Waals surface area contributed by atoms with Crippen molar-refractivity contribution in [1.82, 2.24) is 14.8 Å². The molecule has 0 aliphatic carbocycles. The minimum absolute atomic E-state index is 0. The summed E-state index contributed by atoms with van der Waals surface area (Å²) in [5, 5.41) is 3.22. The molecule has 2 rings (SSSR count). The van der Waals surface area contributed by atoms with Gasteiger partial charge in [-0.2, -0.15) is 0 Å². The van der Waals surface area contributed by atoms with E-state index >= 15 is 0 Å². The van der Waals surface area contributed by atoms with Gasteiger partial charge in [0.1, 0.15) is 0 Å². The van der Waals surface area contributed by atoms with Crippen LogP contribution < -0.4 is 5.73 Å². The smallest absolute Gasteiger partial charge is 0.240 e. The van der Waals surface area contributed by atoms with Crippen molar-refractivity contribution in [2.75, 3.05) is 26.2 Å². The lowest BCUT2D eigenvalue weighted by molar-refractivity contribution is -0.136. The molecule has 1 aliphatic heterocycles. The molecule has 9 heteroatoms. The lowest BCUT2D eigenvalue weighted by atomic mass is 9.86. The van der Waals surface area contributed by atoms with Gasteiger partial charge in [-0.1, -0.05) is 20.8 Å². The molecule has 2 heterocycles. The van der Waals surface area contributed by atoms with Crippen molar-refractivity contribution in [1.29, 1.82) is 0 Å². The molecule has 0 bridgehead atoms. The summed E-state index contributed by atoms with van der Waals surface area (Å²) in [7, 11) is 0. The van der Waals surface area contributed by atoms with Crippen LogP contribution in [0.25, 0.3) is 0 Å². The van der Waals surface area contributed by atoms with Crippen LogP contribution in [0.5, 0.6) is 0 Å². The van der Waals surface area contributed by atoms with Gasteiger partial charge in [-0.25, -0.2) is 4.98 Å². The number of nitrogens with zero attached hydrogens (tertiary/aromatic N) is 3. The van der Waals surface area contributed by atoms with Gasteiger partial charge in [0.25, 0.3) is 0 Å². The lowest BCUT2D eigenvalue weighted by Crippen LogP contribution is -2.56. The fourth-order valence-electron chi connectivity index (χ4n) is 2.40. The highest BCUT2D eigenvalue weighted by molar-refractivity contribution is 7.09. The summed E-state index contributed by atoms with van der Waals surface area (Å²) in [6, 6.07) is -0.426. The summed E-state index contributed by atoms with van der Waals surface area (Å²) in [5.41, 5.74) is 7.01. The number of carbonyl (C=O) groups excluding carboxylic acids is 1. The molecule has 1 aromatic rings. The maximum atomic E-state index is 12.4. The second-order valence-electron chi connectivity index (χ2n) is 6.80. The Morgan fingerprint density at radius 2 is 1.79 bits per heavy atom. The Morgan fingerprint density at radius 1 is 1.25 bits per heavy atom. The molecular formula is C15H29Cl3N4OS. The van der Waals surface area contributed by atoms with Gasteiger partial charge in [-0.3, -0.25) is 9.69 Å². The van der Waals surface area contributed by atoms with Crippen LogP contribution in [0.3, 0.4) is 0 Å². The predicted octanol–water partition coefficient (Wildman–Crippen LogP) is 2.73. The molecule has 1 aromatic heterocycles. The fraction of sp³-hybridized carbons (Fsp3) is 0.733. The first-order valence-electron chi connectivity index (χ1n) is 7.45.